The van der Waals surface area contributed by atoms with Crippen molar-refractivity contribution in [1.82, 2.24) is 10.0 Å². The van der Waals surface area contributed by atoms with Crippen LogP contribution in [0, 0.1) is 0 Å². The maximum absolute atomic E-state index is 12.5. The van der Waals surface area contributed by atoms with Gasteiger partial charge in [-0.25, -0.2) is 8.42 Å². The van der Waals surface area contributed by atoms with Crippen molar-refractivity contribution in [3.05, 3.63) is 0 Å². The maximum Gasteiger partial charge on any atom is 0.407 e. The molecule has 0 atom stereocenters. The number of alkyl halides is 3. The van der Waals surface area contributed by atoms with Gasteiger partial charge in [-0.3, -0.25) is 0 Å². The van der Waals surface area contributed by atoms with Crippen molar-refractivity contribution in [1.29, 1.82) is 0 Å². The minimum atomic E-state index is -4.50. The van der Waals surface area contributed by atoms with Crippen molar-refractivity contribution in [2.24, 2.45) is 0 Å². The van der Waals surface area contributed by atoms with Gasteiger partial charge in [0.05, 0.1) is 5.75 Å². The SMILES string of the molecule is CCNCCCS(=O)(=O)NC1(C(F)(F)F)CC1. The van der Waals surface area contributed by atoms with Crippen LogP contribution >= 0.6 is 0 Å². The molecule has 0 bridgehead atoms. The third-order valence-electron chi connectivity index (χ3n) is 2.66. The van der Waals surface area contributed by atoms with E-state index in [0.29, 0.717) is 19.5 Å². The summed E-state index contributed by atoms with van der Waals surface area (Å²) < 4.78 is 62.3. The fourth-order valence-electron chi connectivity index (χ4n) is 1.48. The summed E-state index contributed by atoms with van der Waals surface area (Å²) in [5.41, 5.74) is -2.19. The highest BCUT2D eigenvalue weighted by Gasteiger charge is 2.65. The van der Waals surface area contributed by atoms with E-state index < -0.39 is 21.7 Å². The van der Waals surface area contributed by atoms with Crippen LogP contribution in [0.5, 0.6) is 0 Å². The Labute approximate surface area is 99.0 Å². The van der Waals surface area contributed by atoms with E-state index in [1.54, 1.807) is 4.72 Å². The summed E-state index contributed by atoms with van der Waals surface area (Å²) in [4.78, 5) is 0. The minimum absolute atomic E-state index is 0.164. The highest BCUT2D eigenvalue weighted by atomic mass is 32.2. The van der Waals surface area contributed by atoms with Crippen LogP contribution in [-0.2, 0) is 10.0 Å². The summed E-state index contributed by atoms with van der Waals surface area (Å²) >= 11 is 0. The zero-order valence-electron chi connectivity index (χ0n) is 9.60. The second-order valence-electron chi connectivity index (χ2n) is 4.21. The van der Waals surface area contributed by atoms with Crippen LogP contribution in [-0.4, -0.2) is 39.0 Å². The average Bonchev–Trinajstić information content (AvgIpc) is 2.92. The molecule has 1 aliphatic carbocycles. The summed E-state index contributed by atoms with van der Waals surface area (Å²) in [7, 11) is -3.85. The lowest BCUT2D eigenvalue weighted by atomic mass is 10.3. The molecule has 17 heavy (non-hydrogen) atoms. The Morgan fingerprint density at radius 2 is 1.88 bits per heavy atom. The van der Waals surface area contributed by atoms with E-state index >= 15 is 0 Å². The highest BCUT2D eigenvalue weighted by Crippen LogP contribution is 2.49. The third-order valence-corrected chi connectivity index (χ3v) is 4.19. The number of sulfonamides is 1. The first kappa shape index (κ1) is 14.7. The van der Waals surface area contributed by atoms with Crippen molar-refractivity contribution in [3.8, 4) is 0 Å². The predicted octanol–water partition coefficient (Wildman–Crippen LogP) is 1.00. The molecular formula is C9H17F3N2O2S. The molecule has 102 valence electrons. The van der Waals surface area contributed by atoms with Gasteiger partial charge in [0, 0.05) is 0 Å². The highest BCUT2D eigenvalue weighted by molar-refractivity contribution is 7.89. The molecule has 1 rings (SSSR count). The number of hydrogen-bond acceptors (Lipinski definition) is 3. The van der Waals surface area contributed by atoms with Gasteiger partial charge >= 0.3 is 6.18 Å². The summed E-state index contributed by atoms with van der Waals surface area (Å²) in [6.07, 6.45) is -4.52. The van der Waals surface area contributed by atoms with Gasteiger partial charge in [-0.05, 0) is 32.4 Å². The van der Waals surface area contributed by atoms with E-state index in [0.717, 1.165) is 0 Å². The summed E-state index contributed by atoms with van der Waals surface area (Å²) in [6, 6.07) is 0. The van der Waals surface area contributed by atoms with E-state index in [2.05, 4.69) is 5.32 Å². The van der Waals surface area contributed by atoms with Crippen molar-refractivity contribution in [2.75, 3.05) is 18.8 Å². The molecule has 0 spiro atoms. The quantitative estimate of drug-likeness (QED) is 0.681. The molecule has 0 aromatic carbocycles. The van der Waals surface area contributed by atoms with E-state index in [1.165, 1.54) is 0 Å². The number of nitrogens with one attached hydrogen (secondary N) is 2. The third kappa shape index (κ3) is 4.11. The number of halogens is 3. The molecule has 8 heteroatoms. The van der Waals surface area contributed by atoms with E-state index in [-0.39, 0.29) is 18.6 Å². The van der Waals surface area contributed by atoms with Crippen molar-refractivity contribution in [3.63, 3.8) is 0 Å². The van der Waals surface area contributed by atoms with E-state index in [1.807, 2.05) is 6.92 Å². The van der Waals surface area contributed by atoms with Crippen LogP contribution in [0.25, 0.3) is 0 Å². The van der Waals surface area contributed by atoms with Crippen LogP contribution < -0.4 is 10.0 Å². The second kappa shape index (κ2) is 5.11. The molecule has 0 heterocycles. The zero-order chi connectivity index (χ0) is 13.2. The molecule has 1 saturated carbocycles. The van der Waals surface area contributed by atoms with Gasteiger partial charge in [0.25, 0.3) is 0 Å². The first-order valence-corrected chi connectivity index (χ1v) is 7.17. The molecule has 0 aromatic rings. The topological polar surface area (TPSA) is 58.2 Å². The van der Waals surface area contributed by atoms with Crippen LogP contribution in [0.3, 0.4) is 0 Å². The Morgan fingerprint density at radius 3 is 2.29 bits per heavy atom. The zero-order valence-corrected chi connectivity index (χ0v) is 10.4. The van der Waals surface area contributed by atoms with Gasteiger partial charge in [0.15, 0.2) is 0 Å². The monoisotopic (exact) mass is 274 g/mol. The van der Waals surface area contributed by atoms with Crippen LogP contribution in [0.1, 0.15) is 26.2 Å². The smallest absolute Gasteiger partial charge is 0.317 e. The van der Waals surface area contributed by atoms with Crippen molar-refractivity contribution >= 4 is 10.0 Å². The van der Waals surface area contributed by atoms with Crippen molar-refractivity contribution < 1.29 is 21.6 Å². The minimum Gasteiger partial charge on any atom is -0.317 e. The number of hydrogen-bond donors (Lipinski definition) is 2. The molecule has 0 radical (unpaired) electrons. The Bertz CT molecular complexity index is 350. The van der Waals surface area contributed by atoms with Gasteiger partial charge in [-0.2, -0.15) is 17.9 Å². The molecule has 4 nitrogen and oxygen atoms in total. The molecule has 0 aromatic heterocycles. The Morgan fingerprint density at radius 1 is 1.29 bits per heavy atom. The lowest BCUT2D eigenvalue weighted by Gasteiger charge is -2.20. The normalized spacial score (nSPS) is 19.3. The lowest BCUT2D eigenvalue weighted by molar-refractivity contribution is -0.160. The molecule has 2 N–H and O–H groups in total. The standard InChI is InChI=1S/C9H17F3N2O2S/c1-2-13-6-3-7-17(15,16)14-8(4-5-8)9(10,11)12/h13-14H,2-7H2,1H3. The summed E-state index contributed by atoms with van der Waals surface area (Å²) in [5, 5.41) is 2.92. The average molecular weight is 274 g/mol. The molecule has 0 saturated heterocycles. The largest absolute Gasteiger partial charge is 0.407 e. The first-order valence-electron chi connectivity index (χ1n) is 5.51. The fraction of sp³-hybridized carbons (Fsp3) is 1.00. The molecule has 1 aliphatic rings. The molecular weight excluding hydrogens is 257 g/mol. The van der Waals surface area contributed by atoms with Crippen LogP contribution in [0.4, 0.5) is 13.2 Å². The lowest BCUT2D eigenvalue weighted by Crippen LogP contribution is -2.48. The molecule has 1 fully saturated rings. The van der Waals surface area contributed by atoms with Gasteiger partial charge in [-0.1, -0.05) is 6.92 Å². The Balaban J connectivity index is 2.45. The number of rotatable bonds is 7. The Kier molecular flexibility index (Phi) is 4.43. The van der Waals surface area contributed by atoms with E-state index in [9.17, 15) is 21.6 Å². The van der Waals surface area contributed by atoms with Crippen molar-refractivity contribution in [2.45, 2.75) is 37.9 Å². The first-order chi connectivity index (χ1) is 7.72. The maximum atomic E-state index is 12.5. The Hall–Kier alpha value is -0.340. The van der Waals surface area contributed by atoms with Gasteiger partial charge in [0.2, 0.25) is 10.0 Å². The molecule has 0 unspecified atom stereocenters. The van der Waals surface area contributed by atoms with Gasteiger partial charge < -0.3 is 5.32 Å². The molecule has 0 amide bonds. The van der Waals surface area contributed by atoms with E-state index in [4.69, 9.17) is 0 Å². The summed E-state index contributed by atoms with van der Waals surface area (Å²) in [6.45, 7) is 3.06. The second-order valence-corrected chi connectivity index (χ2v) is 6.05. The fourth-order valence-corrected chi connectivity index (χ4v) is 3.02. The summed E-state index contributed by atoms with van der Waals surface area (Å²) in [5.74, 6) is -0.280. The molecule has 0 aliphatic heterocycles. The van der Waals surface area contributed by atoms with Crippen LogP contribution in [0.2, 0.25) is 0 Å². The predicted molar refractivity (Wildman–Crippen MR) is 58.1 cm³/mol. The van der Waals surface area contributed by atoms with Crippen LogP contribution in [0.15, 0.2) is 0 Å². The van der Waals surface area contributed by atoms with Gasteiger partial charge in [0.1, 0.15) is 5.54 Å². The van der Waals surface area contributed by atoms with Gasteiger partial charge in [-0.15, -0.1) is 0 Å².